The van der Waals surface area contributed by atoms with Crippen LogP contribution in [0, 0.1) is 13.8 Å². The Kier molecular flexibility index (Phi) is 9.18. The minimum atomic E-state index is -0.990. The van der Waals surface area contributed by atoms with Gasteiger partial charge in [-0.15, -0.1) is 0 Å². The van der Waals surface area contributed by atoms with Crippen LogP contribution in [0.25, 0.3) is 0 Å². The van der Waals surface area contributed by atoms with Crippen molar-refractivity contribution in [2.45, 2.75) is 85.5 Å². The highest BCUT2D eigenvalue weighted by molar-refractivity contribution is 6.34. The van der Waals surface area contributed by atoms with Gasteiger partial charge < -0.3 is 20.3 Å². The van der Waals surface area contributed by atoms with Crippen LogP contribution >= 0.6 is 11.6 Å². The minimum Gasteiger partial charge on any atom is -0.444 e. The molecule has 0 heterocycles. The summed E-state index contributed by atoms with van der Waals surface area (Å²) >= 11 is 6.39. The van der Waals surface area contributed by atoms with E-state index in [1.807, 2.05) is 65.0 Å². The van der Waals surface area contributed by atoms with Gasteiger partial charge in [-0.25, -0.2) is 4.79 Å². The Morgan fingerprint density at radius 2 is 1.58 bits per heavy atom. The number of benzene rings is 2. The van der Waals surface area contributed by atoms with Gasteiger partial charge in [-0.3, -0.25) is 9.59 Å². The zero-order chi connectivity index (χ0) is 27.4. The van der Waals surface area contributed by atoms with E-state index in [-0.39, 0.29) is 0 Å². The van der Waals surface area contributed by atoms with Crippen molar-refractivity contribution in [1.29, 1.82) is 0 Å². The molecule has 7 nitrogen and oxygen atoms in total. The van der Waals surface area contributed by atoms with E-state index in [1.165, 1.54) is 4.90 Å². The molecule has 2 aromatic carbocycles. The lowest BCUT2D eigenvalue weighted by molar-refractivity contribution is -0.146. The van der Waals surface area contributed by atoms with E-state index in [4.69, 9.17) is 16.3 Å². The molecule has 8 heteroatoms. The molecular formula is C28H38ClN3O4. The molecule has 0 aromatic heterocycles. The molecule has 0 spiro atoms. The first kappa shape index (κ1) is 29.2. The summed E-state index contributed by atoms with van der Waals surface area (Å²) in [6, 6.07) is 10.9. The highest BCUT2D eigenvalue weighted by atomic mass is 35.5. The van der Waals surface area contributed by atoms with E-state index in [0.29, 0.717) is 16.3 Å². The number of nitrogens with zero attached hydrogens (tertiary/aromatic N) is 1. The number of hydrogen-bond donors (Lipinski definition) is 2. The second-order valence-corrected chi connectivity index (χ2v) is 11.4. The van der Waals surface area contributed by atoms with Gasteiger partial charge in [0.05, 0.1) is 10.7 Å². The SMILES string of the molecule is Cc1cccc(C(C(=O)Nc2c(C)cccc2Cl)N(C(=O)C(C)NC(=O)OC(C)(C)C)C(C)(C)C)c1. The van der Waals surface area contributed by atoms with Crippen LogP contribution in [0.15, 0.2) is 42.5 Å². The first-order valence-electron chi connectivity index (χ1n) is 12.0. The molecule has 36 heavy (non-hydrogen) atoms. The third-order valence-corrected chi connectivity index (χ3v) is 5.71. The predicted molar refractivity (Wildman–Crippen MR) is 144 cm³/mol. The van der Waals surface area contributed by atoms with Crippen molar-refractivity contribution in [2.75, 3.05) is 5.32 Å². The van der Waals surface area contributed by atoms with E-state index in [9.17, 15) is 14.4 Å². The third-order valence-electron chi connectivity index (χ3n) is 5.40. The maximum absolute atomic E-state index is 13.9. The average Bonchev–Trinajstić information content (AvgIpc) is 2.71. The van der Waals surface area contributed by atoms with Crippen LogP contribution < -0.4 is 10.6 Å². The van der Waals surface area contributed by atoms with Crippen LogP contribution in [0.1, 0.15) is 71.2 Å². The number of halogens is 1. The number of hydrogen-bond acceptors (Lipinski definition) is 4. The lowest BCUT2D eigenvalue weighted by Gasteiger charge is -2.42. The molecule has 2 atom stereocenters. The molecule has 0 bridgehead atoms. The second kappa shape index (κ2) is 11.3. The highest BCUT2D eigenvalue weighted by Crippen LogP contribution is 2.33. The fraction of sp³-hybridized carbons (Fsp3) is 0.464. The molecule has 0 saturated heterocycles. The molecule has 196 valence electrons. The quantitative estimate of drug-likeness (QED) is 0.481. The summed E-state index contributed by atoms with van der Waals surface area (Å²) < 4.78 is 5.32. The van der Waals surface area contributed by atoms with Gasteiger partial charge in [0.2, 0.25) is 5.91 Å². The number of rotatable bonds is 6. The Bertz CT molecular complexity index is 1100. The number of amides is 3. The largest absolute Gasteiger partial charge is 0.444 e. The molecule has 0 aliphatic heterocycles. The first-order valence-corrected chi connectivity index (χ1v) is 12.3. The van der Waals surface area contributed by atoms with Crippen LogP contribution in [0.4, 0.5) is 10.5 Å². The van der Waals surface area contributed by atoms with Gasteiger partial charge in [-0.05, 0) is 79.5 Å². The van der Waals surface area contributed by atoms with Crippen molar-refractivity contribution < 1.29 is 19.1 Å². The van der Waals surface area contributed by atoms with Gasteiger partial charge in [0.1, 0.15) is 17.7 Å². The molecule has 3 amide bonds. The number of ether oxygens (including phenoxy) is 1. The summed E-state index contributed by atoms with van der Waals surface area (Å²) in [4.78, 5) is 41.6. The normalized spacial score (nSPS) is 13.4. The summed E-state index contributed by atoms with van der Waals surface area (Å²) in [6.45, 7) is 16.1. The Balaban J connectivity index is 2.53. The van der Waals surface area contributed by atoms with E-state index in [2.05, 4.69) is 10.6 Å². The number of alkyl carbamates (subject to hydrolysis) is 1. The number of anilines is 1. The van der Waals surface area contributed by atoms with E-state index in [1.54, 1.807) is 39.8 Å². The smallest absolute Gasteiger partial charge is 0.408 e. The molecule has 0 aliphatic carbocycles. The number of carbonyl (C=O) groups excluding carboxylic acids is 3. The van der Waals surface area contributed by atoms with Crippen LogP contribution in [-0.4, -0.2) is 40.0 Å². The van der Waals surface area contributed by atoms with Crippen molar-refractivity contribution in [3.05, 3.63) is 64.2 Å². The zero-order valence-electron chi connectivity index (χ0n) is 22.7. The highest BCUT2D eigenvalue weighted by Gasteiger charge is 2.41. The van der Waals surface area contributed by atoms with Gasteiger partial charge in [0, 0.05) is 5.54 Å². The number of aryl methyl sites for hydroxylation is 2. The van der Waals surface area contributed by atoms with Gasteiger partial charge in [-0.2, -0.15) is 0 Å². The van der Waals surface area contributed by atoms with E-state index >= 15 is 0 Å². The van der Waals surface area contributed by atoms with Crippen LogP contribution in [0.5, 0.6) is 0 Å². The number of para-hydroxylation sites is 1. The molecular weight excluding hydrogens is 478 g/mol. The molecule has 0 aliphatic rings. The van der Waals surface area contributed by atoms with Crippen molar-refractivity contribution in [3.8, 4) is 0 Å². The molecule has 2 N–H and O–H groups in total. The average molecular weight is 516 g/mol. The minimum absolute atomic E-state index is 0.403. The van der Waals surface area contributed by atoms with Gasteiger partial charge >= 0.3 is 6.09 Å². The number of carbonyl (C=O) groups is 3. The van der Waals surface area contributed by atoms with E-state index < -0.39 is 41.1 Å². The summed E-state index contributed by atoms with van der Waals surface area (Å²) in [6.07, 6.45) is -0.708. The predicted octanol–water partition coefficient (Wildman–Crippen LogP) is 6.18. The first-order chi connectivity index (χ1) is 16.5. The second-order valence-electron chi connectivity index (χ2n) is 11.0. The molecule has 2 rings (SSSR count). The standard InChI is InChI=1S/C28H38ClN3O4/c1-17-12-10-14-20(16-17)23(24(33)31-22-18(2)13-11-15-21(22)29)32(27(4,5)6)25(34)19(3)30-26(35)36-28(7,8)9/h10-16,19,23H,1-9H3,(H,30,35)(H,31,33). The topological polar surface area (TPSA) is 87.7 Å². The van der Waals surface area contributed by atoms with Crippen molar-refractivity contribution in [1.82, 2.24) is 10.2 Å². The number of nitrogens with one attached hydrogen (secondary N) is 2. The Morgan fingerprint density at radius 3 is 2.11 bits per heavy atom. The van der Waals surface area contributed by atoms with Crippen molar-refractivity contribution >= 4 is 35.2 Å². The van der Waals surface area contributed by atoms with Crippen molar-refractivity contribution in [2.24, 2.45) is 0 Å². The molecule has 0 saturated carbocycles. The van der Waals surface area contributed by atoms with Gasteiger partial charge in [0.15, 0.2) is 0 Å². The van der Waals surface area contributed by atoms with Crippen LogP contribution in [0.3, 0.4) is 0 Å². The van der Waals surface area contributed by atoms with Gasteiger partial charge in [-0.1, -0.05) is 53.6 Å². The monoisotopic (exact) mass is 515 g/mol. The van der Waals surface area contributed by atoms with Gasteiger partial charge in [0.25, 0.3) is 5.91 Å². The fourth-order valence-corrected chi connectivity index (χ4v) is 4.11. The zero-order valence-corrected chi connectivity index (χ0v) is 23.4. The Morgan fingerprint density at radius 1 is 0.972 bits per heavy atom. The lowest BCUT2D eigenvalue weighted by atomic mass is 9.94. The third kappa shape index (κ3) is 7.72. The lowest BCUT2D eigenvalue weighted by Crippen LogP contribution is -2.57. The molecule has 0 radical (unpaired) electrons. The van der Waals surface area contributed by atoms with E-state index in [0.717, 1.165) is 11.1 Å². The maximum atomic E-state index is 13.9. The van der Waals surface area contributed by atoms with Crippen LogP contribution in [-0.2, 0) is 14.3 Å². The maximum Gasteiger partial charge on any atom is 0.408 e. The summed E-state index contributed by atoms with van der Waals surface area (Å²) in [5, 5.41) is 5.95. The van der Waals surface area contributed by atoms with Crippen LogP contribution in [0.2, 0.25) is 5.02 Å². The fourth-order valence-electron chi connectivity index (χ4n) is 3.84. The Hall–Kier alpha value is -3.06. The summed E-state index contributed by atoms with van der Waals surface area (Å²) in [5.41, 5.74) is 1.39. The molecule has 2 aromatic rings. The summed E-state index contributed by atoms with van der Waals surface area (Å²) in [7, 11) is 0. The van der Waals surface area contributed by atoms with Crippen molar-refractivity contribution in [3.63, 3.8) is 0 Å². The summed E-state index contributed by atoms with van der Waals surface area (Å²) in [5.74, 6) is -0.838. The molecule has 2 unspecified atom stereocenters. The Labute approximate surface area is 219 Å². The molecule has 0 fully saturated rings.